The molecule has 1 fully saturated rings. The Hall–Kier alpha value is -4.09. The molecule has 0 saturated carbocycles. The van der Waals surface area contributed by atoms with Crippen LogP contribution in [0.3, 0.4) is 0 Å². The van der Waals surface area contributed by atoms with Crippen molar-refractivity contribution in [2.75, 3.05) is 11.9 Å². The van der Waals surface area contributed by atoms with E-state index in [0.717, 1.165) is 27.8 Å². The van der Waals surface area contributed by atoms with E-state index < -0.39 is 17.1 Å². The van der Waals surface area contributed by atoms with Crippen molar-refractivity contribution in [3.8, 4) is 17.4 Å². The summed E-state index contributed by atoms with van der Waals surface area (Å²) in [5.74, 6) is -0.179. The summed E-state index contributed by atoms with van der Waals surface area (Å²) in [6.45, 7) is 3.46. The number of aryl methyl sites for hydroxylation is 2. The molecular formula is C25H19N3O4S. The van der Waals surface area contributed by atoms with Gasteiger partial charge in [0.2, 0.25) is 5.91 Å². The zero-order valence-electron chi connectivity index (χ0n) is 17.9. The average Bonchev–Trinajstić information content (AvgIpc) is 3.33. The number of amides is 3. The summed E-state index contributed by atoms with van der Waals surface area (Å²) in [5.41, 5.74) is 3.70. The molecule has 1 aromatic heterocycles. The second-order valence-electron chi connectivity index (χ2n) is 7.55. The minimum atomic E-state index is -0.559. The van der Waals surface area contributed by atoms with Crippen molar-refractivity contribution in [3.63, 3.8) is 0 Å². The largest absolute Gasteiger partial charge is 0.457 e. The molecule has 0 atom stereocenters. The maximum atomic E-state index is 12.7. The molecule has 33 heavy (non-hydrogen) atoms. The van der Waals surface area contributed by atoms with Gasteiger partial charge in [-0.15, -0.1) is 0 Å². The van der Waals surface area contributed by atoms with E-state index in [0.29, 0.717) is 28.3 Å². The SMILES string of the molecule is Cc1cc(C)cc(NC(=O)CN2C(=O)S/C(=C/c3ccc(-c4ccccc4C#N)o3)C2=O)c1. The third kappa shape index (κ3) is 4.89. The molecule has 1 N–H and O–H groups in total. The van der Waals surface area contributed by atoms with E-state index in [4.69, 9.17) is 4.42 Å². The molecule has 1 aliphatic heterocycles. The number of nitriles is 1. The lowest BCUT2D eigenvalue weighted by atomic mass is 10.1. The first-order chi connectivity index (χ1) is 15.8. The zero-order chi connectivity index (χ0) is 23.5. The number of hydrogen-bond donors (Lipinski definition) is 1. The maximum Gasteiger partial charge on any atom is 0.294 e. The van der Waals surface area contributed by atoms with Crippen LogP contribution >= 0.6 is 11.8 Å². The van der Waals surface area contributed by atoms with Gasteiger partial charge in [-0.3, -0.25) is 19.3 Å². The molecule has 1 saturated heterocycles. The first-order valence-corrected chi connectivity index (χ1v) is 10.9. The third-order valence-electron chi connectivity index (χ3n) is 4.89. The van der Waals surface area contributed by atoms with Crippen molar-refractivity contribution in [3.05, 3.63) is 82.0 Å². The van der Waals surface area contributed by atoms with Gasteiger partial charge in [-0.05, 0) is 73.1 Å². The topological polar surface area (TPSA) is 103 Å². The molecule has 164 valence electrons. The van der Waals surface area contributed by atoms with Gasteiger partial charge in [-0.25, -0.2) is 0 Å². The lowest BCUT2D eigenvalue weighted by Crippen LogP contribution is -2.36. The molecule has 2 heterocycles. The first-order valence-electron chi connectivity index (χ1n) is 10.1. The molecule has 1 aliphatic rings. The molecule has 0 radical (unpaired) electrons. The number of nitrogens with one attached hydrogen (secondary N) is 1. The van der Waals surface area contributed by atoms with Crippen LogP contribution in [0.25, 0.3) is 17.4 Å². The second kappa shape index (κ2) is 9.18. The van der Waals surface area contributed by atoms with Crippen molar-refractivity contribution in [2.45, 2.75) is 13.8 Å². The Kier molecular flexibility index (Phi) is 6.16. The number of benzene rings is 2. The Morgan fingerprint density at radius 2 is 1.85 bits per heavy atom. The minimum Gasteiger partial charge on any atom is -0.457 e. The summed E-state index contributed by atoms with van der Waals surface area (Å²) in [6, 6.07) is 18.1. The number of nitrogens with zero attached hydrogens (tertiary/aromatic N) is 2. The number of carbonyl (C=O) groups excluding carboxylic acids is 3. The highest BCUT2D eigenvalue weighted by Gasteiger charge is 2.36. The van der Waals surface area contributed by atoms with Crippen LogP contribution in [0.2, 0.25) is 0 Å². The molecule has 2 aromatic carbocycles. The van der Waals surface area contributed by atoms with E-state index >= 15 is 0 Å². The summed E-state index contributed by atoms with van der Waals surface area (Å²) < 4.78 is 5.77. The Bertz CT molecular complexity index is 1330. The zero-order valence-corrected chi connectivity index (χ0v) is 18.7. The standard InChI is InChI=1S/C25H19N3O4S/c1-15-9-16(2)11-18(10-15)27-23(29)14-28-24(30)22(33-25(28)31)12-19-7-8-21(32-19)20-6-4-3-5-17(20)13-26/h3-12H,14H2,1-2H3,(H,27,29)/b22-12+. The lowest BCUT2D eigenvalue weighted by Gasteiger charge is -2.13. The third-order valence-corrected chi connectivity index (χ3v) is 5.80. The monoisotopic (exact) mass is 457 g/mol. The smallest absolute Gasteiger partial charge is 0.294 e. The summed E-state index contributed by atoms with van der Waals surface area (Å²) in [6.07, 6.45) is 1.46. The number of hydrogen-bond acceptors (Lipinski definition) is 6. The van der Waals surface area contributed by atoms with Crippen LogP contribution in [0.5, 0.6) is 0 Å². The Morgan fingerprint density at radius 3 is 2.58 bits per heavy atom. The first kappa shape index (κ1) is 22.1. The molecule has 4 rings (SSSR count). The van der Waals surface area contributed by atoms with Gasteiger partial charge in [0, 0.05) is 17.3 Å². The van der Waals surface area contributed by atoms with Crippen molar-refractivity contribution >= 4 is 40.6 Å². The summed E-state index contributed by atoms with van der Waals surface area (Å²) in [5, 5.41) is 11.5. The van der Waals surface area contributed by atoms with Crippen molar-refractivity contribution < 1.29 is 18.8 Å². The van der Waals surface area contributed by atoms with Crippen molar-refractivity contribution in [1.29, 1.82) is 5.26 Å². The number of rotatable bonds is 5. The van der Waals surface area contributed by atoms with E-state index in [-0.39, 0.29) is 11.4 Å². The number of furan rings is 1. The quantitative estimate of drug-likeness (QED) is 0.534. The predicted octanol–water partition coefficient (Wildman–Crippen LogP) is 5.11. The van der Waals surface area contributed by atoms with Gasteiger partial charge in [-0.2, -0.15) is 5.26 Å². The highest BCUT2D eigenvalue weighted by molar-refractivity contribution is 8.18. The fourth-order valence-corrected chi connectivity index (χ4v) is 4.35. The summed E-state index contributed by atoms with van der Waals surface area (Å²) >= 11 is 0.749. The van der Waals surface area contributed by atoms with E-state index in [1.807, 2.05) is 32.0 Å². The van der Waals surface area contributed by atoms with Gasteiger partial charge in [-0.1, -0.05) is 18.2 Å². The molecular weight excluding hydrogens is 438 g/mol. The molecule has 8 heteroatoms. The van der Waals surface area contributed by atoms with Gasteiger partial charge >= 0.3 is 0 Å². The maximum absolute atomic E-state index is 12.7. The Labute approximate surface area is 194 Å². The van der Waals surface area contributed by atoms with Crippen LogP contribution in [-0.2, 0) is 9.59 Å². The van der Waals surface area contributed by atoms with Gasteiger partial charge in [0.05, 0.1) is 16.5 Å². The Morgan fingerprint density at radius 1 is 1.12 bits per heavy atom. The van der Waals surface area contributed by atoms with Gasteiger partial charge in [0.25, 0.3) is 11.1 Å². The minimum absolute atomic E-state index is 0.161. The fraction of sp³-hybridized carbons (Fsp3) is 0.120. The number of anilines is 1. The number of thioether (sulfide) groups is 1. The van der Waals surface area contributed by atoms with Gasteiger partial charge in [0.15, 0.2) is 0 Å². The van der Waals surface area contributed by atoms with Crippen molar-refractivity contribution in [1.82, 2.24) is 4.90 Å². The van der Waals surface area contributed by atoms with E-state index in [2.05, 4.69) is 11.4 Å². The van der Waals surface area contributed by atoms with Crippen LogP contribution < -0.4 is 5.32 Å². The van der Waals surface area contributed by atoms with E-state index in [1.54, 1.807) is 36.4 Å². The summed E-state index contributed by atoms with van der Waals surface area (Å²) in [7, 11) is 0. The highest BCUT2D eigenvalue weighted by Crippen LogP contribution is 2.33. The van der Waals surface area contributed by atoms with Crippen LogP contribution in [0.15, 0.2) is 63.9 Å². The molecule has 0 aliphatic carbocycles. The van der Waals surface area contributed by atoms with Crippen molar-refractivity contribution in [2.24, 2.45) is 0 Å². The average molecular weight is 458 g/mol. The number of carbonyl (C=O) groups is 3. The van der Waals surface area contributed by atoms with E-state index in [9.17, 15) is 19.6 Å². The fourth-order valence-electron chi connectivity index (χ4n) is 3.53. The van der Waals surface area contributed by atoms with Gasteiger partial charge < -0.3 is 9.73 Å². The van der Waals surface area contributed by atoms with Crippen LogP contribution in [0.4, 0.5) is 10.5 Å². The van der Waals surface area contributed by atoms with Crippen LogP contribution in [-0.4, -0.2) is 28.5 Å². The molecule has 0 spiro atoms. The molecule has 0 unspecified atom stereocenters. The van der Waals surface area contributed by atoms with Crippen LogP contribution in [0, 0.1) is 25.2 Å². The molecule has 0 bridgehead atoms. The number of imide groups is 1. The van der Waals surface area contributed by atoms with E-state index in [1.165, 1.54) is 6.08 Å². The normalized spacial score (nSPS) is 14.6. The summed E-state index contributed by atoms with van der Waals surface area (Å²) in [4.78, 5) is 38.6. The molecule has 3 amide bonds. The van der Waals surface area contributed by atoms with Crippen LogP contribution in [0.1, 0.15) is 22.5 Å². The Balaban J connectivity index is 1.47. The highest BCUT2D eigenvalue weighted by atomic mass is 32.2. The molecule has 7 nitrogen and oxygen atoms in total. The lowest BCUT2D eigenvalue weighted by molar-refractivity contribution is -0.127. The molecule has 3 aromatic rings. The van der Waals surface area contributed by atoms with Gasteiger partial charge in [0.1, 0.15) is 18.1 Å². The second-order valence-corrected chi connectivity index (χ2v) is 8.55. The predicted molar refractivity (Wildman–Crippen MR) is 126 cm³/mol.